The average molecular weight is 762 g/mol. The number of thiazole rings is 1. The number of hydrogen-bond acceptors (Lipinski definition) is 7. The van der Waals surface area contributed by atoms with Crippen LogP contribution in [0.1, 0.15) is 126 Å². The highest BCUT2D eigenvalue weighted by Gasteiger charge is 2.50. The van der Waals surface area contributed by atoms with Crippen molar-refractivity contribution >= 4 is 45.8 Å². The predicted molar refractivity (Wildman–Crippen MR) is 224 cm³/mol. The Morgan fingerprint density at radius 1 is 1.00 bits per heavy atom. The van der Waals surface area contributed by atoms with E-state index >= 15 is 4.79 Å². The molecule has 6 nitrogen and oxygen atoms in total. The fourth-order valence-corrected chi connectivity index (χ4v) is 11.5. The highest BCUT2D eigenvalue weighted by Crippen LogP contribution is 2.43. The molecule has 9 heteroatoms. The second-order valence-electron chi connectivity index (χ2n) is 17.3. The Hall–Kier alpha value is -1.66. The summed E-state index contributed by atoms with van der Waals surface area (Å²) in [5.74, 6) is -0.184. The molecule has 0 fully saturated rings. The summed E-state index contributed by atoms with van der Waals surface area (Å²) < 4.78 is 20.5. The number of ether oxygens (including phenoxy) is 1. The van der Waals surface area contributed by atoms with Gasteiger partial charge in [-0.3, -0.25) is 9.59 Å². The van der Waals surface area contributed by atoms with E-state index in [2.05, 4.69) is 93.5 Å². The topological polar surface area (TPSA) is 74.7 Å². The number of allylic oxidation sites excluding steroid dienone is 1. The van der Waals surface area contributed by atoms with Crippen molar-refractivity contribution in [3.05, 3.63) is 46.5 Å². The SMILES string of the molecule is C=CC[C@H](OC(=O)C[C@H](O[Si](C)(C)C(C)(C)C)C(C)(C)C(=O)[C@H](C)[C@@H](O[Si](CC)(CC)CC)[C@@H](C)[C@@H](C)CCC(=C)C)/C(C)=C/c1csc(C)n1. The lowest BCUT2D eigenvalue weighted by molar-refractivity contribution is -0.153. The van der Waals surface area contributed by atoms with Gasteiger partial charge >= 0.3 is 5.97 Å². The van der Waals surface area contributed by atoms with Crippen LogP contribution in [0.3, 0.4) is 0 Å². The molecular weight excluding hydrogens is 687 g/mol. The fourth-order valence-electron chi connectivity index (χ4n) is 6.49. The van der Waals surface area contributed by atoms with Crippen molar-refractivity contribution in [2.24, 2.45) is 23.2 Å². The van der Waals surface area contributed by atoms with Gasteiger partial charge in [0.2, 0.25) is 0 Å². The third-order valence-corrected chi connectivity index (χ3v) is 21.8. The Balaban J connectivity index is 3.61. The molecule has 51 heavy (non-hydrogen) atoms. The van der Waals surface area contributed by atoms with Gasteiger partial charge in [0.25, 0.3) is 0 Å². The third kappa shape index (κ3) is 13.6. The molecule has 0 aliphatic heterocycles. The van der Waals surface area contributed by atoms with Crippen molar-refractivity contribution in [3.63, 3.8) is 0 Å². The van der Waals surface area contributed by atoms with Gasteiger partial charge in [0.1, 0.15) is 11.9 Å². The third-order valence-electron chi connectivity index (χ3n) is 11.9. The zero-order chi connectivity index (χ0) is 39.5. The Morgan fingerprint density at radius 3 is 2.02 bits per heavy atom. The maximum absolute atomic E-state index is 15.0. The molecule has 0 unspecified atom stereocenters. The maximum Gasteiger partial charge on any atom is 0.309 e. The molecule has 6 atom stereocenters. The predicted octanol–water partition coefficient (Wildman–Crippen LogP) is 12.4. The first-order valence-electron chi connectivity index (χ1n) is 19.4. The fraction of sp³-hybridized carbons (Fsp3) is 0.738. The summed E-state index contributed by atoms with van der Waals surface area (Å²) >= 11 is 1.58. The van der Waals surface area contributed by atoms with Crippen LogP contribution in [0, 0.1) is 30.1 Å². The number of carbonyl (C=O) groups is 2. The van der Waals surface area contributed by atoms with Gasteiger partial charge in [0.15, 0.2) is 16.6 Å². The summed E-state index contributed by atoms with van der Waals surface area (Å²) in [6, 6.07) is 3.04. The average Bonchev–Trinajstić information content (AvgIpc) is 3.46. The Kier molecular flexibility index (Phi) is 18.7. The molecule has 0 amide bonds. The Labute approximate surface area is 319 Å². The molecule has 1 aromatic rings. The molecule has 0 aliphatic rings. The van der Waals surface area contributed by atoms with Gasteiger partial charge in [-0.1, -0.05) is 87.8 Å². The molecule has 0 N–H and O–H groups in total. The van der Waals surface area contributed by atoms with Crippen molar-refractivity contribution < 1.29 is 23.2 Å². The van der Waals surface area contributed by atoms with Crippen molar-refractivity contribution in [2.75, 3.05) is 0 Å². The number of esters is 1. The van der Waals surface area contributed by atoms with Crippen molar-refractivity contribution in [2.45, 2.75) is 177 Å². The number of ketones is 1. The van der Waals surface area contributed by atoms with E-state index in [1.807, 2.05) is 46.1 Å². The summed E-state index contributed by atoms with van der Waals surface area (Å²) in [5, 5.41) is 2.86. The van der Waals surface area contributed by atoms with E-state index in [0.29, 0.717) is 12.3 Å². The van der Waals surface area contributed by atoms with Crippen LogP contribution in [0.4, 0.5) is 0 Å². The van der Waals surface area contributed by atoms with E-state index in [1.54, 1.807) is 17.4 Å². The van der Waals surface area contributed by atoms with Crippen LogP contribution in [0.25, 0.3) is 6.08 Å². The lowest BCUT2D eigenvalue weighted by Crippen LogP contribution is -2.54. The lowest BCUT2D eigenvalue weighted by Gasteiger charge is -2.46. The molecule has 0 aromatic carbocycles. The molecule has 292 valence electrons. The summed E-state index contributed by atoms with van der Waals surface area (Å²) in [4.78, 5) is 33.5. The minimum Gasteiger partial charge on any atom is -0.457 e. The van der Waals surface area contributed by atoms with Crippen molar-refractivity contribution in [3.8, 4) is 0 Å². The van der Waals surface area contributed by atoms with Crippen LogP contribution >= 0.6 is 11.3 Å². The van der Waals surface area contributed by atoms with Crippen LogP contribution in [-0.2, 0) is 23.2 Å². The van der Waals surface area contributed by atoms with Crippen LogP contribution in [0.5, 0.6) is 0 Å². The summed E-state index contributed by atoms with van der Waals surface area (Å²) in [5.41, 5.74) is 1.93. The molecule has 1 heterocycles. The largest absolute Gasteiger partial charge is 0.457 e. The van der Waals surface area contributed by atoms with Gasteiger partial charge < -0.3 is 13.6 Å². The number of Topliss-reactive ketones (excluding diaryl/α,β-unsaturated/α-hetero) is 1. The Bertz CT molecular complexity index is 1310. The molecular formula is C42H75NO5SSi2. The number of hydrogen-bond donors (Lipinski definition) is 0. The minimum atomic E-state index is -2.42. The van der Waals surface area contributed by atoms with E-state index in [-0.39, 0.29) is 41.2 Å². The standard InChI is InChI=1S/C42H75NO5SSi2/c1-19-23-36(31(8)26-35-28-49-34(11)43-35)46-38(44)27-37(47-50(17,18)41(12,13)14)42(15,16)40(45)33(10)39(48-51(20-2,21-3)22-4)32(9)30(7)25-24-29(5)6/h19,26,28,30,32-33,36-37,39H,1,5,20-25,27H2,2-4,6-18H3/b31-26+/t30-,32-,33+,36-,37-,39-/m0/s1. The molecule has 1 rings (SSSR count). The first kappa shape index (κ1) is 47.4. The van der Waals surface area contributed by atoms with Crippen LogP contribution in [0.2, 0.25) is 36.3 Å². The summed E-state index contributed by atoms with van der Waals surface area (Å²) in [6.45, 7) is 42.2. The molecule has 0 aliphatic carbocycles. The van der Waals surface area contributed by atoms with Crippen LogP contribution in [0.15, 0.2) is 35.8 Å². The first-order chi connectivity index (χ1) is 23.4. The van der Waals surface area contributed by atoms with E-state index < -0.39 is 34.3 Å². The number of carbonyl (C=O) groups excluding carboxylic acids is 2. The molecule has 0 radical (unpaired) electrons. The minimum absolute atomic E-state index is 0.0254. The smallest absolute Gasteiger partial charge is 0.309 e. The normalized spacial score (nSPS) is 16.9. The second-order valence-corrected chi connectivity index (χ2v) is 27.8. The lowest BCUT2D eigenvalue weighted by atomic mass is 9.71. The molecule has 1 aromatic heterocycles. The zero-order valence-corrected chi connectivity index (χ0v) is 38.3. The first-order valence-corrected chi connectivity index (χ1v) is 25.7. The second kappa shape index (κ2) is 20.1. The van der Waals surface area contributed by atoms with Gasteiger partial charge in [0.05, 0.1) is 29.3 Å². The summed E-state index contributed by atoms with van der Waals surface area (Å²) in [6.07, 6.45) is 4.76. The Morgan fingerprint density at radius 2 is 1.57 bits per heavy atom. The molecule has 0 saturated carbocycles. The highest BCUT2D eigenvalue weighted by molar-refractivity contribution is 7.09. The number of nitrogens with zero attached hydrogens (tertiary/aromatic N) is 1. The van der Waals surface area contributed by atoms with E-state index in [0.717, 1.165) is 47.2 Å². The van der Waals surface area contributed by atoms with Crippen LogP contribution in [-0.4, -0.2) is 51.7 Å². The van der Waals surface area contributed by atoms with Crippen molar-refractivity contribution in [1.29, 1.82) is 0 Å². The number of aryl methyl sites for hydroxylation is 1. The molecule has 0 saturated heterocycles. The number of aromatic nitrogens is 1. The quantitative estimate of drug-likeness (QED) is 0.0628. The number of rotatable bonds is 23. The van der Waals surface area contributed by atoms with Crippen LogP contribution < -0.4 is 0 Å². The molecule has 0 bridgehead atoms. The molecule has 0 spiro atoms. The highest BCUT2D eigenvalue weighted by atomic mass is 32.1. The van der Waals surface area contributed by atoms with E-state index in [4.69, 9.17) is 13.6 Å². The zero-order valence-electron chi connectivity index (χ0n) is 35.5. The summed E-state index contributed by atoms with van der Waals surface area (Å²) in [7, 11) is -4.49. The van der Waals surface area contributed by atoms with Gasteiger partial charge in [-0.2, -0.15) is 0 Å². The van der Waals surface area contributed by atoms with Gasteiger partial charge in [0, 0.05) is 23.1 Å². The van der Waals surface area contributed by atoms with Crippen molar-refractivity contribution in [1.82, 2.24) is 4.98 Å². The monoisotopic (exact) mass is 761 g/mol. The maximum atomic E-state index is 15.0. The van der Waals surface area contributed by atoms with E-state index in [9.17, 15) is 4.79 Å². The van der Waals surface area contributed by atoms with Gasteiger partial charge in [-0.05, 0) is 93.4 Å². The van der Waals surface area contributed by atoms with E-state index in [1.165, 1.54) is 5.57 Å². The van der Waals surface area contributed by atoms with Gasteiger partial charge in [-0.25, -0.2) is 4.98 Å². The van der Waals surface area contributed by atoms with Gasteiger partial charge in [-0.15, -0.1) is 24.5 Å².